The van der Waals surface area contributed by atoms with Crippen LogP contribution in [0.4, 0.5) is 17.3 Å². The standard InChI is InChI=1S/C18H18N6O/c1-4-24-16-12(6-5-9-19-16)18(25)23(3)15-8-7-14(21-17(15)24)13-10-20-22-11(13)2/h5-10H,4H2,1-3H3,(H,20,22). The minimum atomic E-state index is -0.0886. The van der Waals surface area contributed by atoms with Crippen LogP contribution in [0.1, 0.15) is 23.0 Å². The van der Waals surface area contributed by atoms with Crippen LogP contribution >= 0.6 is 0 Å². The van der Waals surface area contributed by atoms with E-state index in [9.17, 15) is 4.79 Å². The van der Waals surface area contributed by atoms with Crippen LogP contribution in [0.25, 0.3) is 11.3 Å². The molecule has 4 heterocycles. The van der Waals surface area contributed by atoms with Gasteiger partial charge in [-0.15, -0.1) is 0 Å². The number of H-pyrrole nitrogens is 1. The number of nitrogens with one attached hydrogen (secondary N) is 1. The minimum Gasteiger partial charge on any atom is -0.309 e. The molecule has 4 rings (SSSR count). The fourth-order valence-electron chi connectivity index (χ4n) is 3.13. The van der Waals surface area contributed by atoms with E-state index in [4.69, 9.17) is 4.98 Å². The highest BCUT2D eigenvalue weighted by atomic mass is 16.2. The van der Waals surface area contributed by atoms with Gasteiger partial charge < -0.3 is 9.80 Å². The summed E-state index contributed by atoms with van der Waals surface area (Å²) in [7, 11) is 1.77. The average Bonchev–Trinajstić information content (AvgIpc) is 3.04. The summed E-state index contributed by atoms with van der Waals surface area (Å²) >= 11 is 0. The number of aryl methyl sites for hydroxylation is 1. The first kappa shape index (κ1) is 15.3. The molecule has 0 aromatic carbocycles. The molecule has 1 aliphatic rings. The van der Waals surface area contributed by atoms with E-state index in [0.717, 1.165) is 22.6 Å². The van der Waals surface area contributed by atoms with Crippen molar-refractivity contribution in [1.82, 2.24) is 20.2 Å². The van der Waals surface area contributed by atoms with Crippen LogP contribution in [-0.4, -0.2) is 39.7 Å². The molecule has 7 nitrogen and oxygen atoms in total. The smallest absolute Gasteiger partial charge is 0.261 e. The van der Waals surface area contributed by atoms with Crippen molar-refractivity contribution in [2.24, 2.45) is 0 Å². The van der Waals surface area contributed by atoms with Crippen molar-refractivity contribution < 1.29 is 4.79 Å². The van der Waals surface area contributed by atoms with Gasteiger partial charge in [-0.3, -0.25) is 9.89 Å². The lowest BCUT2D eigenvalue weighted by atomic mass is 10.1. The van der Waals surface area contributed by atoms with E-state index < -0.39 is 0 Å². The molecule has 0 aliphatic carbocycles. The van der Waals surface area contributed by atoms with Crippen LogP contribution in [-0.2, 0) is 0 Å². The van der Waals surface area contributed by atoms with E-state index in [1.807, 2.05) is 30.9 Å². The largest absolute Gasteiger partial charge is 0.309 e. The summed E-state index contributed by atoms with van der Waals surface area (Å²) in [5.41, 5.74) is 4.04. The molecule has 1 N–H and O–H groups in total. The second kappa shape index (κ2) is 5.70. The highest BCUT2D eigenvalue weighted by Gasteiger charge is 2.30. The van der Waals surface area contributed by atoms with Gasteiger partial charge in [0.1, 0.15) is 5.82 Å². The van der Waals surface area contributed by atoms with Crippen molar-refractivity contribution in [2.75, 3.05) is 23.4 Å². The maximum atomic E-state index is 12.8. The molecule has 0 radical (unpaired) electrons. The third-order valence-corrected chi connectivity index (χ3v) is 4.47. The van der Waals surface area contributed by atoms with Gasteiger partial charge in [0.2, 0.25) is 0 Å². The fraction of sp³-hybridized carbons (Fsp3) is 0.222. The Labute approximate surface area is 145 Å². The molecule has 0 fully saturated rings. The van der Waals surface area contributed by atoms with Crippen molar-refractivity contribution in [3.63, 3.8) is 0 Å². The van der Waals surface area contributed by atoms with Crippen molar-refractivity contribution in [1.29, 1.82) is 0 Å². The Morgan fingerprint density at radius 1 is 1.16 bits per heavy atom. The van der Waals surface area contributed by atoms with Crippen molar-refractivity contribution in [2.45, 2.75) is 13.8 Å². The molecule has 25 heavy (non-hydrogen) atoms. The molecule has 1 amide bonds. The third-order valence-electron chi connectivity index (χ3n) is 4.47. The molecule has 7 heteroatoms. The maximum Gasteiger partial charge on any atom is 0.261 e. The molecule has 3 aromatic rings. The molecule has 0 bridgehead atoms. The summed E-state index contributed by atoms with van der Waals surface area (Å²) in [6, 6.07) is 7.42. The van der Waals surface area contributed by atoms with Crippen LogP contribution in [0.2, 0.25) is 0 Å². The van der Waals surface area contributed by atoms with Gasteiger partial charge in [0.25, 0.3) is 5.91 Å². The molecule has 1 aliphatic heterocycles. The Hall–Kier alpha value is -3.22. The number of anilines is 3. The fourth-order valence-corrected chi connectivity index (χ4v) is 3.13. The van der Waals surface area contributed by atoms with Crippen LogP contribution in [0.5, 0.6) is 0 Å². The predicted octanol–water partition coefficient (Wildman–Crippen LogP) is 2.92. The number of rotatable bonds is 2. The number of fused-ring (bicyclic) bond motifs is 2. The molecule has 0 saturated carbocycles. The van der Waals surface area contributed by atoms with E-state index in [1.54, 1.807) is 36.5 Å². The lowest BCUT2D eigenvalue weighted by Gasteiger charge is -2.23. The number of pyridine rings is 2. The van der Waals surface area contributed by atoms with E-state index in [2.05, 4.69) is 15.2 Å². The zero-order valence-corrected chi connectivity index (χ0v) is 14.3. The molecule has 3 aromatic heterocycles. The summed E-state index contributed by atoms with van der Waals surface area (Å²) in [5.74, 6) is 1.26. The summed E-state index contributed by atoms with van der Waals surface area (Å²) in [5, 5.41) is 7.01. The third kappa shape index (κ3) is 2.27. The number of nitrogens with zero attached hydrogens (tertiary/aromatic N) is 5. The topological polar surface area (TPSA) is 78.0 Å². The summed E-state index contributed by atoms with van der Waals surface area (Å²) < 4.78 is 0. The van der Waals surface area contributed by atoms with Crippen LogP contribution < -0.4 is 9.80 Å². The first-order valence-electron chi connectivity index (χ1n) is 8.13. The monoisotopic (exact) mass is 334 g/mol. The Kier molecular flexibility index (Phi) is 3.49. The highest BCUT2D eigenvalue weighted by Crippen LogP contribution is 2.39. The first-order chi connectivity index (χ1) is 12.1. The van der Waals surface area contributed by atoms with E-state index in [-0.39, 0.29) is 5.91 Å². The molecule has 126 valence electrons. The van der Waals surface area contributed by atoms with Crippen molar-refractivity contribution in [3.8, 4) is 11.3 Å². The van der Waals surface area contributed by atoms with Crippen LogP contribution in [0, 0.1) is 6.92 Å². The van der Waals surface area contributed by atoms with Gasteiger partial charge in [-0.25, -0.2) is 9.97 Å². The van der Waals surface area contributed by atoms with Gasteiger partial charge in [-0.1, -0.05) is 0 Å². The first-order valence-corrected chi connectivity index (χ1v) is 8.13. The molecule has 0 saturated heterocycles. The Morgan fingerprint density at radius 2 is 2.00 bits per heavy atom. The van der Waals surface area contributed by atoms with Crippen LogP contribution in [0.3, 0.4) is 0 Å². The highest BCUT2D eigenvalue weighted by molar-refractivity contribution is 6.12. The molecule has 0 spiro atoms. The summed E-state index contributed by atoms with van der Waals surface area (Å²) in [4.78, 5) is 25.7. The number of amides is 1. The van der Waals surface area contributed by atoms with Gasteiger partial charge in [0, 0.05) is 31.0 Å². The van der Waals surface area contributed by atoms with Gasteiger partial charge in [-0.05, 0) is 38.1 Å². The summed E-state index contributed by atoms with van der Waals surface area (Å²) in [6.45, 7) is 4.63. The molecular weight excluding hydrogens is 316 g/mol. The van der Waals surface area contributed by atoms with Crippen molar-refractivity contribution in [3.05, 3.63) is 47.9 Å². The normalized spacial score (nSPS) is 13.5. The zero-order chi connectivity index (χ0) is 17.6. The van der Waals surface area contributed by atoms with E-state index in [1.165, 1.54) is 0 Å². The minimum absolute atomic E-state index is 0.0886. The Morgan fingerprint density at radius 3 is 2.72 bits per heavy atom. The number of hydrogen-bond donors (Lipinski definition) is 1. The number of hydrogen-bond acceptors (Lipinski definition) is 5. The number of aromatic amines is 1. The quantitative estimate of drug-likeness (QED) is 0.779. The molecule has 0 unspecified atom stereocenters. The van der Waals surface area contributed by atoms with Crippen molar-refractivity contribution >= 4 is 23.2 Å². The van der Waals surface area contributed by atoms with Gasteiger partial charge in [-0.2, -0.15) is 5.10 Å². The van der Waals surface area contributed by atoms with Gasteiger partial charge in [0.05, 0.1) is 23.1 Å². The number of carbonyl (C=O) groups excluding carboxylic acids is 1. The van der Waals surface area contributed by atoms with Gasteiger partial charge >= 0.3 is 0 Å². The van der Waals surface area contributed by atoms with Gasteiger partial charge in [0.15, 0.2) is 5.82 Å². The lowest BCUT2D eigenvalue weighted by Crippen LogP contribution is -2.25. The Balaban J connectivity index is 1.96. The average molecular weight is 334 g/mol. The second-order valence-electron chi connectivity index (χ2n) is 5.93. The second-order valence-corrected chi connectivity index (χ2v) is 5.93. The molecule has 0 atom stereocenters. The predicted molar refractivity (Wildman–Crippen MR) is 96.2 cm³/mol. The molecular formula is C18H18N6O. The SMILES string of the molecule is CCN1c2ncccc2C(=O)N(C)c2ccc(-c3cn[nH]c3C)nc21. The van der Waals surface area contributed by atoms with Crippen LogP contribution in [0.15, 0.2) is 36.7 Å². The van der Waals surface area contributed by atoms with E-state index in [0.29, 0.717) is 23.7 Å². The zero-order valence-electron chi connectivity index (χ0n) is 14.3. The number of carbonyl (C=O) groups is 1. The summed E-state index contributed by atoms with van der Waals surface area (Å²) in [6.07, 6.45) is 3.46. The van der Waals surface area contributed by atoms with E-state index >= 15 is 0 Å². The number of aromatic nitrogens is 4. The maximum absolute atomic E-state index is 12.8. The Bertz CT molecular complexity index is 964. The lowest BCUT2D eigenvalue weighted by molar-refractivity contribution is 0.0994.